The van der Waals surface area contributed by atoms with E-state index in [1.54, 1.807) is 12.0 Å². The average molecular weight is 454 g/mol. The summed E-state index contributed by atoms with van der Waals surface area (Å²) in [6.07, 6.45) is 0.604. The van der Waals surface area contributed by atoms with Gasteiger partial charge in [0.1, 0.15) is 11.8 Å². The van der Waals surface area contributed by atoms with Gasteiger partial charge in [0, 0.05) is 23.0 Å². The van der Waals surface area contributed by atoms with Gasteiger partial charge in [-0.2, -0.15) is 0 Å². The van der Waals surface area contributed by atoms with Crippen LogP contribution in [-0.2, 0) is 11.2 Å². The van der Waals surface area contributed by atoms with Crippen molar-refractivity contribution < 1.29 is 9.53 Å². The average Bonchev–Trinajstić information content (AvgIpc) is 3.33. The van der Waals surface area contributed by atoms with Gasteiger partial charge < -0.3 is 14.6 Å². The first kappa shape index (κ1) is 20.0. The van der Waals surface area contributed by atoms with Gasteiger partial charge in [0.05, 0.1) is 18.8 Å². The molecule has 6 heteroatoms. The largest absolute Gasteiger partial charge is 0.495 e. The summed E-state index contributed by atoms with van der Waals surface area (Å²) in [5, 5.41) is 1.67. The lowest BCUT2D eigenvalue weighted by Crippen LogP contribution is -2.44. The smallest absolute Gasteiger partial charge is 0.256 e. The molecule has 4 aromatic rings. The van der Waals surface area contributed by atoms with E-state index in [1.165, 1.54) is 16.5 Å². The normalized spacial score (nSPS) is 19.7. The van der Waals surface area contributed by atoms with Gasteiger partial charge in [-0.05, 0) is 48.5 Å². The molecule has 0 radical (unpaired) electrons. The molecule has 0 bridgehead atoms. The summed E-state index contributed by atoms with van der Waals surface area (Å²) >= 11 is 5.98. The number of aromatic nitrogens is 1. The molecule has 1 N–H and O–H groups in total. The van der Waals surface area contributed by atoms with E-state index in [2.05, 4.69) is 53.2 Å². The lowest BCUT2D eigenvalue weighted by Gasteiger charge is -2.37. The number of carbonyl (C=O) groups is 1. The summed E-state index contributed by atoms with van der Waals surface area (Å²) in [7, 11) is 1.61. The van der Waals surface area contributed by atoms with Gasteiger partial charge in [-0.15, -0.1) is 0 Å². The van der Waals surface area contributed by atoms with Crippen molar-refractivity contribution >= 4 is 39.8 Å². The Bertz CT molecular complexity index is 1410. The second-order valence-corrected chi connectivity index (χ2v) is 9.00. The van der Waals surface area contributed by atoms with Crippen LogP contribution in [-0.4, -0.2) is 34.1 Å². The number of ether oxygens (including phenoxy) is 1. The van der Waals surface area contributed by atoms with Crippen LogP contribution >= 0.6 is 12.2 Å². The van der Waals surface area contributed by atoms with Crippen molar-refractivity contribution in [1.29, 1.82) is 0 Å². The number of methoxy groups -OCH3 is 1. The molecule has 1 amide bonds. The van der Waals surface area contributed by atoms with Crippen LogP contribution in [0.15, 0.2) is 72.8 Å². The molecule has 0 unspecified atom stereocenters. The Hall–Kier alpha value is -3.64. The van der Waals surface area contributed by atoms with Crippen LogP contribution in [0.5, 0.6) is 5.75 Å². The number of benzene rings is 3. The quantitative estimate of drug-likeness (QED) is 0.437. The number of nitrogens with one attached hydrogen (secondary N) is 1. The van der Waals surface area contributed by atoms with Crippen molar-refractivity contribution in [2.75, 3.05) is 12.0 Å². The molecule has 1 fully saturated rings. The maximum atomic E-state index is 13.8. The van der Waals surface area contributed by atoms with Crippen LogP contribution < -0.4 is 9.64 Å². The summed E-state index contributed by atoms with van der Waals surface area (Å²) in [4.78, 5) is 21.2. The van der Waals surface area contributed by atoms with E-state index in [9.17, 15) is 4.79 Å². The topological polar surface area (TPSA) is 48.6 Å². The number of para-hydroxylation sites is 3. The summed E-state index contributed by atoms with van der Waals surface area (Å²) in [5.41, 5.74) is 6.36. The predicted molar refractivity (Wildman–Crippen MR) is 134 cm³/mol. The standard InChI is InChI=1S/C27H23N3O2S/c1-16-11-13-17(14-12-16)25-24-19(18-7-3-4-8-20(18)28-24)15-22-26(31)30(27(33)29(22)25)21-9-5-6-10-23(21)32-2/h3-14,22,25,28H,15H2,1-2H3/t22-,25+/m0/s1. The van der Waals surface area contributed by atoms with Crippen LogP contribution in [0.1, 0.15) is 28.4 Å². The zero-order valence-electron chi connectivity index (χ0n) is 18.4. The fourth-order valence-corrected chi connectivity index (χ4v) is 5.63. The number of carbonyl (C=O) groups excluding carboxylic acids is 1. The number of aromatic amines is 1. The number of hydrogen-bond donors (Lipinski definition) is 1. The van der Waals surface area contributed by atoms with Crippen molar-refractivity contribution in [2.45, 2.75) is 25.4 Å². The summed E-state index contributed by atoms with van der Waals surface area (Å²) in [5.74, 6) is 0.612. The number of thiocarbonyl (C=S) groups is 1. The Balaban J connectivity index is 1.55. The molecule has 1 saturated heterocycles. The first-order valence-electron chi connectivity index (χ1n) is 11.0. The van der Waals surface area contributed by atoms with Crippen LogP contribution in [0.3, 0.4) is 0 Å². The Morgan fingerprint density at radius 2 is 1.73 bits per heavy atom. The molecular weight excluding hydrogens is 430 g/mol. The molecule has 0 aliphatic carbocycles. The summed E-state index contributed by atoms with van der Waals surface area (Å²) in [6.45, 7) is 2.08. The van der Waals surface area contributed by atoms with Crippen LogP contribution in [0, 0.1) is 6.92 Å². The number of anilines is 1. The zero-order chi connectivity index (χ0) is 22.7. The first-order chi connectivity index (χ1) is 16.1. The highest BCUT2D eigenvalue weighted by Crippen LogP contribution is 2.46. The van der Waals surface area contributed by atoms with Gasteiger partial charge in [-0.25, -0.2) is 0 Å². The number of rotatable bonds is 3. The van der Waals surface area contributed by atoms with E-state index >= 15 is 0 Å². The number of fused-ring (bicyclic) bond motifs is 4. The van der Waals surface area contributed by atoms with E-state index in [-0.39, 0.29) is 18.0 Å². The number of nitrogens with zero attached hydrogens (tertiary/aromatic N) is 2. The van der Waals surface area contributed by atoms with Crippen molar-refractivity contribution in [3.8, 4) is 5.75 Å². The Labute approximate surface area is 197 Å². The number of amides is 1. The van der Waals surface area contributed by atoms with Crippen LogP contribution in [0.2, 0.25) is 0 Å². The molecular formula is C27H23N3O2S. The van der Waals surface area contributed by atoms with Gasteiger partial charge in [0.2, 0.25) is 0 Å². The highest BCUT2D eigenvalue weighted by molar-refractivity contribution is 7.80. The van der Waals surface area contributed by atoms with Gasteiger partial charge in [0.15, 0.2) is 5.11 Å². The highest BCUT2D eigenvalue weighted by Gasteiger charge is 2.51. The molecule has 3 heterocycles. The number of H-pyrrole nitrogens is 1. The van der Waals surface area contributed by atoms with Crippen molar-refractivity contribution in [2.24, 2.45) is 0 Å². The predicted octanol–water partition coefficient (Wildman–Crippen LogP) is 5.13. The third kappa shape index (κ3) is 2.91. The van der Waals surface area contributed by atoms with Crippen molar-refractivity contribution in [3.63, 3.8) is 0 Å². The molecule has 164 valence electrons. The fourth-order valence-electron chi connectivity index (χ4n) is 5.21. The second-order valence-electron chi connectivity index (χ2n) is 8.63. The third-order valence-corrected chi connectivity index (χ3v) is 7.16. The molecule has 1 aromatic heterocycles. The van der Waals surface area contributed by atoms with Gasteiger partial charge in [0.25, 0.3) is 5.91 Å². The monoisotopic (exact) mass is 453 g/mol. The molecule has 2 atom stereocenters. The Morgan fingerprint density at radius 3 is 2.52 bits per heavy atom. The van der Waals surface area contributed by atoms with Crippen LogP contribution in [0.4, 0.5) is 5.69 Å². The minimum atomic E-state index is -0.375. The second kappa shape index (κ2) is 7.46. The molecule has 6 rings (SSSR count). The number of hydrogen-bond acceptors (Lipinski definition) is 3. The molecule has 33 heavy (non-hydrogen) atoms. The van der Waals surface area contributed by atoms with E-state index in [0.29, 0.717) is 23.0 Å². The number of aryl methyl sites for hydroxylation is 1. The molecule has 2 aliphatic heterocycles. The van der Waals surface area contributed by atoms with E-state index in [0.717, 1.165) is 16.8 Å². The zero-order valence-corrected chi connectivity index (χ0v) is 19.2. The molecule has 5 nitrogen and oxygen atoms in total. The van der Waals surface area contributed by atoms with Gasteiger partial charge >= 0.3 is 0 Å². The Kier molecular flexibility index (Phi) is 4.52. The molecule has 2 aliphatic rings. The lowest BCUT2D eigenvalue weighted by atomic mass is 9.88. The van der Waals surface area contributed by atoms with E-state index in [1.807, 2.05) is 36.4 Å². The fraction of sp³-hybridized carbons (Fsp3) is 0.185. The maximum absolute atomic E-state index is 13.8. The van der Waals surface area contributed by atoms with Gasteiger partial charge in [-0.1, -0.05) is 60.2 Å². The third-order valence-electron chi connectivity index (χ3n) is 6.77. The minimum Gasteiger partial charge on any atom is -0.495 e. The molecule has 0 saturated carbocycles. The van der Waals surface area contributed by atoms with Crippen LogP contribution in [0.25, 0.3) is 10.9 Å². The SMILES string of the molecule is COc1ccccc1N1C(=O)[C@@H]2Cc3c([nH]c4ccccc34)[C@@H](c3ccc(C)cc3)N2C1=S. The van der Waals surface area contributed by atoms with E-state index < -0.39 is 0 Å². The lowest BCUT2D eigenvalue weighted by molar-refractivity contribution is -0.120. The summed E-state index contributed by atoms with van der Waals surface area (Å²) in [6, 6.07) is 23.8. The Morgan fingerprint density at radius 1 is 1.00 bits per heavy atom. The molecule has 0 spiro atoms. The van der Waals surface area contributed by atoms with E-state index in [4.69, 9.17) is 17.0 Å². The van der Waals surface area contributed by atoms with Crippen molar-refractivity contribution in [1.82, 2.24) is 9.88 Å². The minimum absolute atomic E-state index is 0.0162. The van der Waals surface area contributed by atoms with Crippen molar-refractivity contribution in [3.05, 3.63) is 95.2 Å². The van der Waals surface area contributed by atoms with Gasteiger partial charge in [-0.3, -0.25) is 9.69 Å². The molecule has 3 aromatic carbocycles. The maximum Gasteiger partial charge on any atom is 0.256 e. The highest BCUT2D eigenvalue weighted by atomic mass is 32.1. The summed E-state index contributed by atoms with van der Waals surface area (Å²) < 4.78 is 5.56. The first-order valence-corrected chi connectivity index (χ1v) is 11.4.